The lowest BCUT2D eigenvalue weighted by molar-refractivity contribution is 0.286. The van der Waals surface area contributed by atoms with Gasteiger partial charge in [0.15, 0.2) is 9.84 Å². The molecule has 2 aliphatic rings. The molecule has 1 aliphatic carbocycles. The molecule has 0 saturated carbocycles. The Morgan fingerprint density at radius 2 is 1.97 bits per heavy atom. The maximum Gasteiger partial charge on any atom is 0.159 e. The fraction of sp³-hybridized carbons (Fsp3) is 0.565. The van der Waals surface area contributed by atoms with Crippen molar-refractivity contribution in [2.24, 2.45) is 5.73 Å². The third-order valence-electron chi connectivity index (χ3n) is 6.43. The van der Waals surface area contributed by atoms with Crippen molar-refractivity contribution < 1.29 is 13.2 Å². The number of fused-ring (bicyclic) bond motifs is 1. The summed E-state index contributed by atoms with van der Waals surface area (Å²) in [5.41, 5.74) is 8.32. The Kier molecular flexibility index (Phi) is 6.87. The van der Waals surface area contributed by atoms with Crippen molar-refractivity contribution in [1.82, 2.24) is 5.32 Å². The van der Waals surface area contributed by atoms with Gasteiger partial charge in [-0.3, -0.25) is 5.32 Å². The van der Waals surface area contributed by atoms with E-state index in [1.54, 1.807) is 7.11 Å². The van der Waals surface area contributed by atoms with Gasteiger partial charge >= 0.3 is 0 Å². The van der Waals surface area contributed by atoms with E-state index in [1.165, 1.54) is 0 Å². The minimum atomic E-state index is -3.36. The van der Waals surface area contributed by atoms with Crippen LogP contribution in [0.5, 0.6) is 0 Å². The smallest absolute Gasteiger partial charge is 0.159 e. The number of ether oxygens (including phenoxy) is 1. The first kappa shape index (κ1) is 22.1. The second kappa shape index (κ2) is 9.02. The van der Waals surface area contributed by atoms with E-state index in [0.29, 0.717) is 18.7 Å². The Morgan fingerprint density at radius 3 is 2.55 bits per heavy atom. The fourth-order valence-corrected chi connectivity index (χ4v) is 7.14. The summed E-state index contributed by atoms with van der Waals surface area (Å²) in [5.74, 6) is 0.858. The average molecular weight is 419 g/mol. The molecule has 29 heavy (non-hydrogen) atoms. The average Bonchev–Trinajstić information content (AvgIpc) is 2.84. The molecule has 1 heterocycles. The molecule has 0 aromatic heterocycles. The molecule has 6 heteroatoms. The highest BCUT2D eigenvalue weighted by Crippen LogP contribution is 2.42. The topological polar surface area (TPSA) is 81.4 Å². The summed E-state index contributed by atoms with van der Waals surface area (Å²) in [6.07, 6.45) is 5.98. The highest BCUT2D eigenvalue weighted by atomic mass is 32.2. The molecule has 1 aromatic rings. The number of allylic oxidation sites excluding steroid dienone is 1. The van der Waals surface area contributed by atoms with E-state index in [9.17, 15) is 8.42 Å². The molecule has 0 amide bonds. The van der Waals surface area contributed by atoms with Gasteiger partial charge in [0.2, 0.25) is 0 Å². The Hall–Kier alpha value is -1.63. The zero-order valence-corrected chi connectivity index (χ0v) is 18.6. The number of sulfone groups is 1. The lowest BCUT2D eigenvalue weighted by Gasteiger charge is -2.36. The summed E-state index contributed by atoms with van der Waals surface area (Å²) in [6.45, 7) is 4.54. The first-order chi connectivity index (χ1) is 13.9. The van der Waals surface area contributed by atoms with E-state index in [2.05, 4.69) is 31.3 Å². The summed E-state index contributed by atoms with van der Waals surface area (Å²) in [4.78, 5) is 0. The van der Waals surface area contributed by atoms with E-state index >= 15 is 0 Å². The second-order valence-electron chi connectivity index (χ2n) is 8.25. The standard InChI is InChI=1S/C23H34N2O3S/c1-4-6-12-23(5-2)16-29(26,27)21-13-18(15-24)20(28-3)14-19(21)22(25-23)17-10-8-7-9-11-17/h7-11,14,21-22,25H,4-6,12-13,15-16,24H2,1-3H3/t21?,22-,23-/m1/s1. The third-order valence-corrected chi connectivity index (χ3v) is 8.69. The maximum absolute atomic E-state index is 13.6. The van der Waals surface area contributed by atoms with Crippen LogP contribution in [0.25, 0.3) is 0 Å². The van der Waals surface area contributed by atoms with Gasteiger partial charge in [0, 0.05) is 12.1 Å². The van der Waals surface area contributed by atoms with Gasteiger partial charge in [-0.1, -0.05) is 57.0 Å². The largest absolute Gasteiger partial charge is 0.497 e. The number of benzene rings is 1. The van der Waals surface area contributed by atoms with Crippen LogP contribution >= 0.6 is 0 Å². The number of nitrogens with two attached hydrogens (primary N) is 1. The van der Waals surface area contributed by atoms with Gasteiger partial charge in [-0.15, -0.1) is 0 Å². The van der Waals surface area contributed by atoms with Gasteiger partial charge in [0.05, 0.1) is 24.2 Å². The predicted molar refractivity (Wildman–Crippen MR) is 118 cm³/mol. The molecule has 1 aliphatic heterocycles. The SMILES string of the molecule is CCCC[C@]1(CC)CS(=O)(=O)C2CC(CN)=C(OC)C=C2[C@@H](c2ccccc2)N1. The van der Waals surface area contributed by atoms with Crippen LogP contribution in [0.2, 0.25) is 0 Å². The Balaban J connectivity index is 2.18. The van der Waals surface area contributed by atoms with Gasteiger partial charge in [0.25, 0.3) is 0 Å². The molecule has 5 nitrogen and oxygen atoms in total. The molecule has 1 saturated heterocycles. The fourth-order valence-electron chi connectivity index (χ4n) is 4.66. The van der Waals surface area contributed by atoms with E-state index in [0.717, 1.165) is 42.4 Å². The number of unbranched alkanes of at least 4 members (excludes halogenated alkanes) is 1. The number of methoxy groups -OCH3 is 1. The molecule has 1 fully saturated rings. The van der Waals surface area contributed by atoms with Gasteiger partial charge < -0.3 is 10.5 Å². The van der Waals surface area contributed by atoms with Crippen LogP contribution < -0.4 is 11.1 Å². The van der Waals surface area contributed by atoms with Crippen molar-refractivity contribution in [3.63, 3.8) is 0 Å². The quantitative estimate of drug-likeness (QED) is 0.706. The number of rotatable bonds is 7. The van der Waals surface area contributed by atoms with Gasteiger partial charge in [-0.05, 0) is 42.0 Å². The minimum Gasteiger partial charge on any atom is -0.497 e. The molecule has 160 valence electrons. The molecular formula is C23H34N2O3S. The minimum absolute atomic E-state index is 0.155. The summed E-state index contributed by atoms with van der Waals surface area (Å²) in [5, 5.41) is 3.24. The Bertz CT molecular complexity index is 877. The second-order valence-corrected chi connectivity index (χ2v) is 10.4. The van der Waals surface area contributed by atoms with Crippen molar-refractivity contribution in [1.29, 1.82) is 0 Å². The molecule has 3 N–H and O–H groups in total. The van der Waals surface area contributed by atoms with Crippen molar-refractivity contribution in [3.8, 4) is 0 Å². The van der Waals surface area contributed by atoms with Crippen LogP contribution in [0.3, 0.4) is 0 Å². The predicted octanol–water partition coefficient (Wildman–Crippen LogP) is 3.64. The maximum atomic E-state index is 13.6. The van der Waals surface area contributed by atoms with Crippen LogP contribution in [-0.4, -0.2) is 38.6 Å². The number of nitrogens with one attached hydrogen (secondary N) is 1. The Labute approximate surface area is 175 Å². The molecule has 0 bridgehead atoms. The van der Waals surface area contributed by atoms with Crippen molar-refractivity contribution in [3.05, 3.63) is 58.9 Å². The zero-order valence-electron chi connectivity index (χ0n) is 17.8. The highest BCUT2D eigenvalue weighted by Gasteiger charge is 2.47. The van der Waals surface area contributed by atoms with Gasteiger partial charge in [0.1, 0.15) is 5.76 Å². The summed E-state index contributed by atoms with van der Waals surface area (Å²) in [6, 6.07) is 9.98. The van der Waals surface area contributed by atoms with Crippen LogP contribution in [0.1, 0.15) is 57.6 Å². The third kappa shape index (κ3) is 4.44. The van der Waals surface area contributed by atoms with Crippen LogP contribution in [0.4, 0.5) is 0 Å². The number of hydrogen-bond acceptors (Lipinski definition) is 5. The van der Waals surface area contributed by atoms with E-state index < -0.39 is 20.6 Å². The first-order valence-electron chi connectivity index (χ1n) is 10.6. The van der Waals surface area contributed by atoms with E-state index in [4.69, 9.17) is 10.5 Å². The molecule has 0 spiro atoms. The van der Waals surface area contributed by atoms with E-state index in [1.807, 2.05) is 24.3 Å². The summed E-state index contributed by atoms with van der Waals surface area (Å²) >= 11 is 0. The van der Waals surface area contributed by atoms with Crippen LogP contribution in [0.15, 0.2) is 53.3 Å². The lowest BCUT2D eigenvalue weighted by Crippen LogP contribution is -2.50. The van der Waals surface area contributed by atoms with Crippen LogP contribution in [0, 0.1) is 0 Å². The summed E-state index contributed by atoms with van der Waals surface area (Å²) < 4.78 is 32.8. The molecular weight excluding hydrogens is 384 g/mol. The molecule has 3 atom stereocenters. The van der Waals surface area contributed by atoms with Crippen molar-refractivity contribution in [2.45, 2.75) is 62.8 Å². The Morgan fingerprint density at radius 1 is 1.24 bits per heavy atom. The zero-order chi connectivity index (χ0) is 21.1. The monoisotopic (exact) mass is 418 g/mol. The van der Waals surface area contributed by atoms with Crippen LogP contribution in [-0.2, 0) is 14.6 Å². The van der Waals surface area contributed by atoms with Crippen molar-refractivity contribution in [2.75, 3.05) is 19.4 Å². The lowest BCUT2D eigenvalue weighted by atomic mass is 9.84. The summed E-state index contributed by atoms with van der Waals surface area (Å²) in [7, 11) is -1.74. The first-order valence-corrected chi connectivity index (χ1v) is 12.3. The van der Waals surface area contributed by atoms with Crippen molar-refractivity contribution >= 4 is 9.84 Å². The molecule has 1 unspecified atom stereocenters. The molecule has 1 aromatic carbocycles. The van der Waals surface area contributed by atoms with Gasteiger partial charge in [-0.25, -0.2) is 8.42 Å². The number of hydrogen-bond donors (Lipinski definition) is 2. The highest BCUT2D eigenvalue weighted by molar-refractivity contribution is 7.92. The molecule has 3 rings (SSSR count). The molecule has 0 radical (unpaired) electrons. The normalized spacial score (nSPS) is 29.0. The van der Waals surface area contributed by atoms with Gasteiger partial charge in [-0.2, -0.15) is 0 Å². The van der Waals surface area contributed by atoms with E-state index in [-0.39, 0.29) is 11.8 Å².